The molecule has 0 radical (unpaired) electrons. The second-order valence-electron chi connectivity index (χ2n) is 7.91. The van der Waals surface area contributed by atoms with E-state index in [2.05, 4.69) is 21.8 Å². The maximum atomic E-state index is 15.3. The number of piperazine rings is 1. The number of piperidine rings is 1. The first kappa shape index (κ1) is 22.4. The molecule has 5 nitrogen and oxygen atoms in total. The van der Waals surface area contributed by atoms with Gasteiger partial charge in [0.2, 0.25) is 0 Å². The van der Waals surface area contributed by atoms with Crippen LogP contribution in [0, 0.1) is 5.82 Å². The number of nitrogens with zero attached hydrogens (tertiary/aromatic N) is 4. The van der Waals surface area contributed by atoms with Crippen molar-refractivity contribution in [3.63, 3.8) is 0 Å². The molecule has 0 N–H and O–H groups in total. The minimum atomic E-state index is -1.74. The normalized spacial score (nSPS) is 19.3. The van der Waals surface area contributed by atoms with Crippen molar-refractivity contribution in [3.05, 3.63) is 59.5 Å². The van der Waals surface area contributed by atoms with Crippen LogP contribution in [0.4, 0.5) is 14.6 Å². The van der Waals surface area contributed by atoms with Crippen LogP contribution in [0.3, 0.4) is 0 Å². The molecule has 2 aromatic rings. The van der Waals surface area contributed by atoms with E-state index in [1.54, 1.807) is 23.1 Å². The number of anilines is 1. The van der Waals surface area contributed by atoms with Crippen LogP contribution in [0.2, 0.25) is 0 Å². The first-order valence-corrected chi connectivity index (χ1v) is 10.1. The van der Waals surface area contributed by atoms with Crippen LogP contribution < -0.4 is 4.90 Å². The van der Waals surface area contributed by atoms with Crippen LogP contribution in [-0.2, 0) is 5.67 Å². The number of benzene rings is 1. The van der Waals surface area contributed by atoms with Gasteiger partial charge < -0.3 is 14.7 Å². The summed E-state index contributed by atoms with van der Waals surface area (Å²) in [5, 5.41) is 0. The van der Waals surface area contributed by atoms with Crippen LogP contribution in [0.15, 0.2) is 42.5 Å². The van der Waals surface area contributed by atoms with Gasteiger partial charge in [0.25, 0.3) is 5.91 Å². The summed E-state index contributed by atoms with van der Waals surface area (Å²) in [6.45, 7) is 4.14. The maximum Gasteiger partial charge on any atom is 0.272 e. The highest BCUT2D eigenvalue weighted by Gasteiger charge is 2.39. The smallest absolute Gasteiger partial charge is 0.272 e. The molecular formula is C22H27ClF2N4O. The summed E-state index contributed by atoms with van der Waals surface area (Å²) >= 11 is 0. The monoisotopic (exact) mass is 436 g/mol. The van der Waals surface area contributed by atoms with Crippen molar-refractivity contribution in [1.82, 2.24) is 14.8 Å². The second-order valence-corrected chi connectivity index (χ2v) is 7.91. The van der Waals surface area contributed by atoms with E-state index in [-0.39, 0.29) is 49.8 Å². The molecule has 1 aromatic carbocycles. The highest BCUT2D eigenvalue weighted by molar-refractivity contribution is 5.92. The molecule has 2 saturated heterocycles. The van der Waals surface area contributed by atoms with Gasteiger partial charge >= 0.3 is 0 Å². The van der Waals surface area contributed by atoms with E-state index >= 15 is 4.39 Å². The third kappa shape index (κ3) is 4.57. The standard InChI is InChI=1S/C22H26F2N4O.ClH/c1-26-13-15-27(16-14-26)20-8-4-7-19(25-20)21(29)28-11-9-22(24,10-12-28)17-5-2-3-6-18(17)23;/h2-8H,9-16H2,1H3;1H. The molecule has 0 saturated carbocycles. The van der Waals surface area contributed by atoms with Gasteiger partial charge in [0, 0.05) is 57.7 Å². The Morgan fingerprint density at radius 2 is 1.63 bits per heavy atom. The van der Waals surface area contributed by atoms with Gasteiger partial charge in [-0.2, -0.15) is 0 Å². The molecule has 0 bridgehead atoms. The Labute approximate surface area is 182 Å². The lowest BCUT2D eigenvalue weighted by Crippen LogP contribution is -2.45. The summed E-state index contributed by atoms with van der Waals surface area (Å²) in [4.78, 5) is 23.6. The zero-order valence-electron chi connectivity index (χ0n) is 17.1. The molecule has 30 heavy (non-hydrogen) atoms. The number of hydrogen-bond acceptors (Lipinski definition) is 4. The number of pyridine rings is 1. The van der Waals surface area contributed by atoms with Gasteiger partial charge in [-0.3, -0.25) is 4.79 Å². The number of amides is 1. The summed E-state index contributed by atoms with van der Waals surface area (Å²) in [5.74, 6) is 0.0695. The van der Waals surface area contributed by atoms with Crippen LogP contribution in [0.5, 0.6) is 0 Å². The van der Waals surface area contributed by atoms with Gasteiger partial charge in [0.05, 0.1) is 0 Å². The van der Waals surface area contributed by atoms with Crippen LogP contribution in [-0.4, -0.2) is 67.0 Å². The molecule has 0 spiro atoms. The average Bonchev–Trinajstić information content (AvgIpc) is 2.75. The van der Waals surface area contributed by atoms with Crippen LogP contribution in [0.1, 0.15) is 28.9 Å². The van der Waals surface area contributed by atoms with Gasteiger partial charge in [-0.15, -0.1) is 12.4 Å². The van der Waals surface area contributed by atoms with Gasteiger partial charge in [-0.1, -0.05) is 24.3 Å². The number of likely N-dealkylation sites (N-methyl/N-ethyl adjacent to an activating group) is 1. The fraction of sp³-hybridized carbons (Fsp3) is 0.455. The second kappa shape index (κ2) is 9.27. The number of halogens is 3. The first-order valence-electron chi connectivity index (χ1n) is 10.1. The van der Waals surface area contributed by atoms with Crippen molar-refractivity contribution < 1.29 is 13.6 Å². The molecule has 0 aliphatic carbocycles. The number of aromatic nitrogens is 1. The highest BCUT2D eigenvalue weighted by Crippen LogP contribution is 2.38. The van der Waals surface area contributed by atoms with Gasteiger partial charge in [-0.05, 0) is 25.2 Å². The molecule has 2 fully saturated rings. The molecule has 0 atom stereocenters. The number of carbonyl (C=O) groups is 1. The zero-order chi connectivity index (χ0) is 20.4. The third-order valence-corrected chi connectivity index (χ3v) is 5.98. The maximum absolute atomic E-state index is 15.3. The Bertz CT molecular complexity index is 881. The topological polar surface area (TPSA) is 39.7 Å². The zero-order valence-corrected chi connectivity index (χ0v) is 17.9. The van der Waals surface area contributed by atoms with E-state index in [0.717, 1.165) is 32.0 Å². The highest BCUT2D eigenvalue weighted by atomic mass is 35.5. The van der Waals surface area contributed by atoms with E-state index in [1.807, 2.05) is 12.1 Å². The lowest BCUT2D eigenvalue weighted by Gasteiger charge is -2.37. The lowest BCUT2D eigenvalue weighted by atomic mass is 9.85. The molecule has 2 aliphatic rings. The minimum Gasteiger partial charge on any atom is -0.354 e. The number of rotatable bonds is 3. The van der Waals surface area contributed by atoms with Crippen LogP contribution >= 0.6 is 12.4 Å². The molecular weight excluding hydrogens is 410 g/mol. The van der Waals surface area contributed by atoms with Crippen molar-refractivity contribution >= 4 is 24.1 Å². The summed E-state index contributed by atoms with van der Waals surface area (Å²) in [6, 6.07) is 11.4. The number of alkyl halides is 1. The Balaban J connectivity index is 0.00000256. The first-order chi connectivity index (χ1) is 14.0. The summed E-state index contributed by atoms with van der Waals surface area (Å²) in [5.41, 5.74) is -1.28. The van der Waals surface area contributed by atoms with E-state index in [1.165, 1.54) is 12.1 Å². The van der Waals surface area contributed by atoms with Gasteiger partial charge in [-0.25, -0.2) is 13.8 Å². The molecule has 0 unspecified atom stereocenters. The Kier molecular flexibility index (Phi) is 6.93. The Morgan fingerprint density at radius 3 is 2.30 bits per heavy atom. The molecule has 162 valence electrons. The van der Waals surface area contributed by atoms with Crippen LogP contribution in [0.25, 0.3) is 0 Å². The predicted octanol–water partition coefficient (Wildman–Crippen LogP) is 3.50. The largest absolute Gasteiger partial charge is 0.354 e. The molecule has 3 heterocycles. The van der Waals surface area contributed by atoms with Crippen molar-refractivity contribution in [2.75, 3.05) is 51.2 Å². The quantitative estimate of drug-likeness (QED) is 0.738. The average molecular weight is 437 g/mol. The van der Waals surface area contributed by atoms with E-state index in [0.29, 0.717) is 5.69 Å². The van der Waals surface area contributed by atoms with Crippen molar-refractivity contribution in [3.8, 4) is 0 Å². The minimum absolute atomic E-state index is 0. The van der Waals surface area contributed by atoms with Crippen molar-refractivity contribution in [1.29, 1.82) is 0 Å². The predicted molar refractivity (Wildman–Crippen MR) is 116 cm³/mol. The molecule has 1 amide bonds. The van der Waals surface area contributed by atoms with Gasteiger partial charge in [0.1, 0.15) is 23.0 Å². The SMILES string of the molecule is CN1CCN(c2cccc(C(=O)N3CCC(F)(c4ccccc4F)CC3)n2)CC1.Cl. The Hall–Kier alpha value is -2.25. The molecule has 8 heteroatoms. The Morgan fingerprint density at radius 1 is 0.967 bits per heavy atom. The summed E-state index contributed by atoms with van der Waals surface area (Å²) in [6.07, 6.45) is 0.162. The lowest BCUT2D eigenvalue weighted by molar-refractivity contribution is 0.0402. The number of likely N-dealkylation sites (tertiary alicyclic amines) is 1. The fourth-order valence-electron chi connectivity index (χ4n) is 4.07. The van der Waals surface area contributed by atoms with E-state index < -0.39 is 11.5 Å². The fourth-order valence-corrected chi connectivity index (χ4v) is 4.07. The van der Waals surface area contributed by atoms with Crippen molar-refractivity contribution in [2.45, 2.75) is 18.5 Å². The molecule has 1 aromatic heterocycles. The number of hydrogen-bond donors (Lipinski definition) is 0. The van der Waals surface area contributed by atoms with E-state index in [4.69, 9.17) is 0 Å². The van der Waals surface area contributed by atoms with Gasteiger partial charge in [0.15, 0.2) is 0 Å². The van der Waals surface area contributed by atoms with Crippen molar-refractivity contribution in [2.24, 2.45) is 0 Å². The molecule has 2 aliphatic heterocycles. The summed E-state index contributed by atoms with van der Waals surface area (Å²) in [7, 11) is 2.09. The van der Waals surface area contributed by atoms with E-state index in [9.17, 15) is 9.18 Å². The third-order valence-electron chi connectivity index (χ3n) is 5.98. The molecule has 4 rings (SSSR count). The number of carbonyl (C=O) groups excluding carboxylic acids is 1. The summed E-state index contributed by atoms with van der Waals surface area (Å²) < 4.78 is 29.4.